The third-order valence-electron chi connectivity index (χ3n) is 3.46. The van der Waals surface area contributed by atoms with Gasteiger partial charge in [0.25, 0.3) is 0 Å². The largest absolute Gasteiger partial charge is 0.461 e. The van der Waals surface area contributed by atoms with Gasteiger partial charge in [0.2, 0.25) is 5.78 Å². The van der Waals surface area contributed by atoms with Crippen molar-refractivity contribution in [3.63, 3.8) is 0 Å². The summed E-state index contributed by atoms with van der Waals surface area (Å²) >= 11 is 3.50. The normalized spacial score (nSPS) is 21.6. The van der Waals surface area contributed by atoms with Crippen molar-refractivity contribution < 1.29 is 9.21 Å². The van der Waals surface area contributed by atoms with Gasteiger partial charge in [-0.3, -0.25) is 4.79 Å². The highest BCUT2D eigenvalue weighted by atomic mass is 32.2. The fourth-order valence-corrected chi connectivity index (χ4v) is 4.09. The molecule has 102 valence electrons. The fraction of sp³-hybridized carbons (Fsp3) is 0.400. The number of Topliss-reactive ketones (excluding diaryl/α,β-unsaturated/α-hetero) is 1. The Morgan fingerprint density at radius 1 is 1.37 bits per heavy atom. The first-order valence-electron chi connectivity index (χ1n) is 6.22. The molecule has 0 fully saturated rings. The predicted molar refractivity (Wildman–Crippen MR) is 83.5 cm³/mol. The van der Waals surface area contributed by atoms with Gasteiger partial charge in [-0.2, -0.15) is 0 Å². The Kier molecular flexibility index (Phi) is 4.99. The van der Waals surface area contributed by atoms with E-state index in [0.717, 1.165) is 6.42 Å². The summed E-state index contributed by atoms with van der Waals surface area (Å²) in [4.78, 5) is 12.5. The molecule has 0 saturated carbocycles. The molecular weight excluding hydrogens is 276 g/mol. The number of thioether (sulfide) groups is 2. The lowest BCUT2D eigenvalue weighted by Crippen LogP contribution is -2.20. The van der Waals surface area contributed by atoms with Crippen molar-refractivity contribution in [2.45, 2.75) is 13.3 Å². The third kappa shape index (κ3) is 3.00. The second kappa shape index (κ2) is 6.53. The Labute approximate surface area is 122 Å². The van der Waals surface area contributed by atoms with E-state index in [9.17, 15) is 4.79 Å². The van der Waals surface area contributed by atoms with E-state index >= 15 is 0 Å². The Hall–Kier alpha value is -0.870. The first-order valence-corrected chi connectivity index (χ1v) is 8.67. The van der Waals surface area contributed by atoms with Gasteiger partial charge in [-0.25, -0.2) is 0 Å². The monoisotopic (exact) mass is 294 g/mol. The second-order valence-electron chi connectivity index (χ2n) is 4.52. The quantitative estimate of drug-likeness (QED) is 0.586. The van der Waals surface area contributed by atoms with E-state index in [1.807, 2.05) is 0 Å². The van der Waals surface area contributed by atoms with Gasteiger partial charge in [-0.05, 0) is 43.6 Å². The molecule has 0 saturated heterocycles. The molecule has 1 heterocycles. The van der Waals surface area contributed by atoms with Crippen LogP contribution in [0.15, 0.2) is 44.8 Å². The topological polar surface area (TPSA) is 30.2 Å². The van der Waals surface area contributed by atoms with Gasteiger partial charge in [0, 0.05) is 16.1 Å². The molecule has 1 aromatic heterocycles. The fourth-order valence-electron chi connectivity index (χ4n) is 2.51. The molecule has 0 bridgehead atoms. The Balaban J connectivity index is 2.24. The number of allylic oxidation sites excluding steroid dienone is 3. The van der Waals surface area contributed by atoms with Crippen LogP contribution >= 0.6 is 23.5 Å². The molecule has 0 N–H and O–H groups in total. The number of rotatable bonds is 5. The number of hydrogen-bond donors (Lipinski definition) is 0. The van der Waals surface area contributed by atoms with Crippen LogP contribution in [0.5, 0.6) is 0 Å². The molecule has 0 aromatic carbocycles. The molecule has 1 aliphatic carbocycles. The van der Waals surface area contributed by atoms with Crippen molar-refractivity contribution in [1.29, 1.82) is 0 Å². The molecule has 1 aromatic rings. The predicted octanol–water partition coefficient (Wildman–Crippen LogP) is 4.61. The average molecular weight is 294 g/mol. The van der Waals surface area contributed by atoms with Crippen LogP contribution < -0.4 is 0 Å². The average Bonchev–Trinajstić information content (AvgIpc) is 3.10. The lowest BCUT2D eigenvalue weighted by molar-refractivity contribution is 0.0878. The zero-order valence-corrected chi connectivity index (χ0v) is 13.0. The van der Waals surface area contributed by atoms with Crippen LogP contribution in [0.3, 0.4) is 0 Å². The maximum Gasteiger partial charge on any atom is 0.202 e. The molecule has 2 nitrogen and oxygen atoms in total. The molecule has 1 aliphatic rings. The molecular formula is C15H18O2S2. The second-order valence-corrected chi connectivity index (χ2v) is 6.41. The van der Waals surface area contributed by atoms with Crippen molar-refractivity contribution in [3.05, 3.63) is 46.1 Å². The molecule has 2 rings (SSSR count). The minimum Gasteiger partial charge on any atom is -0.461 e. The molecule has 2 atom stereocenters. The van der Waals surface area contributed by atoms with Crippen molar-refractivity contribution >= 4 is 29.3 Å². The van der Waals surface area contributed by atoms with Crippen LogP contribution in [0.2, 0.25) is 0 Å². The van der Waals surface area contributed by atoms with Crippen molar-refractivity contribution in [3.8, 4) is 0 Å². The minimum absolute atomic E-state index is 0.0135. The Bertz CT molecular complexity index is 494. The number of hydrogen-bond acceptors (Lipinski definition) is 4. The highest BCUT2D eigenvalue weighted by Gasteiger charge is 2.33. The van der Waals surface area contributed by atoms with Crippen molar-refractivity contribution in [1.82, 2.24) is 0 Å². The zero-order chi connectivity index (χ0) is 13.8. The van der Waals surface area contributed by atoms with Crippen molar-refractivity contribution in [2.24, 2.45) is 11.8 Å². The van der Waals surface area contributed by atoms with Gasteiger partial charge in [-0.15, -0.1) is 23.5 Å². The van der Waals surface area contributed by atoms with E-state index in [4.69, 9.17) is 4.42 Å². The first-order chi connectivity index (χ1) is 9.19. The molecule has 0 spiro atoms. The van der Waals surface area contributed by atoms with E-state index in [-0.39, 0.29) is 17.6 Å². The minimum atomic E-state index is -0.0135. The van der Waals surface area contributed by atoms with Crippen LogP contribution in [0.25, 0.3) is 0 Å². The van der Waals surface area contributed by atoms with E-state index in [1.54, 1.807) is 41.9 Å². The van der Waals surface area contributed by atoms with Gasteiger partial charge >= 0.3 is 0 Å². The van der Waals surface area contributed by atoms with E-state index in [2.05, 4.69) is 31.6 Å². The maximum absolute atomic E-state index is 12.5. The molecule has 4 heteroatoms. The summed E-state index contributed by atoms with van der Waals surface area (Å²) < 4.78 is 6.54. The number of furan rings is 1. The van der Waals surface area contributed by atoms with E-state index in [0.29, 0.717) is 5.76 Å². The van der Waals surface area contributed by atoms with Gasteiger partial charge < -0.3 is 4.42 Å². The summed E-state index contributed by atoms with van der Waals surface area (Å²) in [5.41, 5.74) is 1.29. The molecule has 0 amide bonds. The smallest absolute Gasteiger partial charge is 0.202 e. The Morgan fingerprint density at radius 2 is 2.11 bits per heavy atom. The van der Waals surface area contributed by atoms with E-state index in [1.165, 1.54) is 9.81 Å². The highest BCUT2D eigenvalue weighted by Crippen LogP contribution is 2.39. The van der Waals surface area contributed by atoms with Gasteiger partial charge in [0.15, 0.2) is 5.76 Å². The molecule has 0 radical (unpaired) electrons. The summed E-state index contributed by atoms with van der Waals surface area (Å²) in [5.74, 6) is 0.773. The summed E-state index contributed by atoms with van der Waals surface area (Å²) in [5, 5.41) is 0. The summed E-state index contributed by atoms with van der Waals surface area (Å²) in [7, 11) is 0. The number of carbonyl (C=O) groups excluding carboxylic acids is 1. The summed E-state index contributed by atoms with van der Waals surface area (Å²) in [6.07, 6.45) is 10.8. The zero-order valence-electron chi connectivity index (χ0n) is 11.4. The highest BCUT2D eigenvalue weighted by molar-refractivity contribution is 8.21. The van der Waals surface area contributed by atoms with Crippen LogP contribution in [-0.4, -0.2) is 18.3 Å². The van der Waals surface area contributed by atoms with Gasteiger partial charge in [0.1, 0.15) is 0 Å². The standard InChI is InChI=1S/C15H18O2S2/c1-10(15(18-2)19-3)11-6-4-7-12(11)14(16)13-8-5-9-17-13/h4-6,8-9,11-12H,7H2,1-3H3/t11-,12+/m1/s1. The van der Waals surface area contributed by atoms with Crippen LogP contribution in [0.1, 0.15) is 23.9 Å². The van der Waals surface area contributed by atoms with Crippen LogP contribution in [0.4, 0.5) is 0 Å². The number of ketones is 1. The van der Waals surface area contributed by atoms with Gasteiger partial charge in [0.05, 0.1) is 6.26 Å². The SMILES string of the molecule is CSC(SC)=C(C)[C@H]1C=CC[C@@H]1C(=O)c1ccco1. The summed E-state index contributed by atoms with van der Waals surface area (Å²) in [6.45, 7) is 2.13. The molecule has 0 aliphatic heterocycles. The summed E-state index contributed by atoms with van der Waals surface area (Å²) in [6, 6.07) is 3.52. The third-order valence-corrected chi connectivity index (χ3v) is 5.85. The van der Waals surface area contributed by atoms with Crippen LogP contribution in [0, 0.1) is 11.8 Å². The van der Waals surface area contributed by atoms with E-state index < -0.39 is 0 Å². The lowest BCUT2D eigenvalue weighted by Gasteiger charge is -2.20. The first kappa shape index (κ1) is 14.5. The lowest BCUT2D eigenvalue weighted by atomic mass is 9.86. The molecule has 0 unspecified atom stereocenters. The van der Waals surface area contributed by atoms with Crippen LogP contribution in [-0.2, 0) is 0 Å². The number of carbonyl (C=O) groups is 1. The van der Waals surface area contributed by atoms with Gasteiger partial charge in [-0.1, -0.05) is 12.2 Å². The molecule has 19 heavy (non-hydrogen) atoms. The van der Waals surface area contributed by atoms with Crippen molar-refractivity contribution in [2.75, 3.05) is 12.5 Å². The maximum atomic E-state index is 12.5. The Morgan fingerprint density at radius 3 is 2.68 bits per heavy atom.